The first-order chi connectivity index (χ1) is 11.7. The average Bonchev–Trinajstić information content (AvgIpc) is 2.76. The highest BCUT2D eigenvalue weighted by atomic mass is 19.1. The third-order valence-corrected chi connectivity index (χ3v) is 4.58. The molecule has 1 fully saturated rings. The quantitative estimate of drug-likeness (QED) is 0.865. The molecule has 2 aromatic rings. The van der Waals surface area contributed by atoms with Gasteiger partial charge in [-0.1, -0.05) is 6.07 Å². The maximum atomic E-state index is 14.5. The number of nitrogens with zero attached hydrogens (tertiary/aromatic N) is 2. The summed E-state index contributed by atoms with van der Waals surface area (Å²) in [7, 11) is -0.795. The van der Waals surface area contributed by atoms with Gasteiger partial charge in [0, 0.05) is 17.3 Å². The van der Waals surface area contributed by atoms with Crippen LogP contribution in [0.3, 0.4) is 0 Å². The fraction of sp³-hybridized carbons (Fsp3) is 0.353. The Kier molecular flexibility index (Phi) is 4.34. The van der Waals surface area contributed by atoms with Crippen molar-refractivity contribution in [3.63, 3.8) is 0 Å². The first-order valence-electron chi connectivity index (χ1n) is 7.92. The number of rotatable bonds is 3. The van der Waals surface area contributed by atoms with Crippen LogP contribution >= 0.6 is 0 Å². The Morgan fingerprint density at radius 3 is 2.40 bits per heavy atom. The first-order valence-corrected chi connectivity index (χ1v) is 7.92. The molecule has 2 heterocycles. The predicted molar refractivity (Wildman–Crippen MR) is 92.1 cm³/mol. The van der Waals surface area contributed by atoms with Crippen molar-refractivity contribution in [3.8, 4) is 0 Å². The normalized spacial score (nSPS) is 18.2. The lowest BCUT2D eigenvalue weighted by Crippen LogP contribution is -2.41. The van der Waals surface area contributed by atoms with Gasteiger partial charge >= 0.3 is 7.12 Å². The number of carbonyl (C=O) groups excluding carboxylic acids is 1. The van der Waals surface area contributed by atoms with Gasteiger partial charge < -0.3 is 14.6 Å². The highest BCUT2D eigenvalue weighted by Gasteiger charge is 2.52. The smallest absolute Gasteiger partial charge is 0.399 e. The highest BCUT2D eigenvalue weighted by molar-refractivity contribution is 6.62. The summed E-state index contributed by atoms with van der Waals surface area (Å²) in [6.07, 6.45) is 2.74. The molecule has 1 aromatic carbocycles. The lowest BCUT2D eigenvalue weighted by atomic mass is 9.78. The van der Waals surface area contributed by atoms with E-state index in [1.54, 1.807) is 12.1 Å². The molecule has 1 aliphatic rings. The molecule has 0 aliphatic carbocycles. The Labute approximate surface area is 145 Å². The minimum Gasteiger partial charge on any atom is -0.399 e. The van der Waals surface area contributed by atoms with Crippen molar-refractivity contribution in [3.05, 3.63) is 48.3 Å². The van der Waals surface area contributed by atoms with Gasteiger partial charge in [0.15, 0.2) is 0 Å². The number of aromatic nitrogens is 2. The van der Waals surface area contributed by atoms with E-state index in [1.807, 2.05) is 27.7 Å². The molecule has 8 heteroatoms. The molecule has 0 spiro atoms. The van der Waals surface area contributed by atoms with Crippen LogP contribution in [0.4, 0.5) is 10.1 Å². The Morgan fingerprint density at radius 2 is 1.84 bits per heavy atom. The Balaban J connectivity index is 1.77. The molecule has 6 nitrogen and oxygen atoms in total. The SMILES string of the molecule is CC1(C)OB(c2ccc(NC(=O)c3ccncn3)cc2F)OC1(C)C. The van der Waals surface area contributed by atoms with E-state index in [0.717, 1.165) is 0 Å². The molecule has 1 saturated heterocycles. The van der Waals surface area contributed by atoms with Crippen LogP contribution in [0.1, 0.15) is 38.2 Å². The zero-order valence-electron chi connectivity index (χ0n) is 14.5. The van der Waals surface area contributed by atoms with Crippen LogP contribution in [-0.4, -0.2) is 34.2 Å². The second kappa shape index (κ2) is 6.20. The van der Waals surface area contributed by atoms with Crippen LogP contribution in [0.2, 0.25) is 0 Å². The van der Waals surface area contributed by atoms with E-state index < -0.39 is 30.0 Å². The molecule has 25 heavy (non-hydrogen) atoms. The van der Waals surface area contributed by atoms with Gasteiger partial charge in [-0.25, -0.2) is 14.4 Å². The molecule has 1 aliphatic heterocycles. The Bertz CT molecular complexity index is 783. The van der Waals surface area contributed by atoms with Gasteiger partial charge in [0.25, 0.3) is 5.91 Å². The van der Waals surface area contributed by atoms with Gasteiger partial charge in [0.2, 0.25) is 0 Å². The van der Waals surface area contributed by atoms with E-state index in [-0.39, 0.29) is 5.69 Å². The zero-order chi connectivity index (χ0) is 18.2. The largest absolute Gasteiger partial charge is 0.497 e. The predicted octanol–water partition coefficient (Wildman–Crippen LogP) is 2.17. The Hall–Kier alpha value is -2.32. The molecule has 1 aromatic heterocycles. The summed E-state index contributed by atoms with van der Waals surface area (Å²) in [5.41, 5.74) is -0.293. The Morgan fingerprint density at radius 1 is 1.16 bits per heavy atom. The second-order valence-corrected chi connectivity index (χ2v) is 6.87. The van der Waals surface area contributed by atoms with Crippen LogP contribution in [0.5, 0.6) is 0 Å². The van der Waals surface area contributed by atoms with Gasteiger partial charge in [-0.2, -0.15) is 0 Å². The maximum Gasteiger partial charge on any atom is 0.497 e. The topological polar surface area (TPSA) is 73.3 Å². The lowest BCUT2D eigenvalue weighted by Gasteiger charge is -2.32. The van der Waals surface area contributed by atoms with E-state index in [1.165, 1.54) is 24.7 Å². The molecule has 0 atom stereocenters. The summed E-state index contributed by atoms with van der Waals surface area (Å²) in [6, 6.07) is 5.86. The summed E-state index contributed by atoms with van der Waals surface area (Å²) in [5.74, 6) is -0.954. The summed E-state index contributed by atoms with van der Waals surface area (Å²) in [4.78, 5) is 19.7. The minimum absolute atomic E-state index is 0.199. The van der Waals surface area contributed by atoms with Crippen LogP contribution in [0.15, 0.2) is 36.8 Å². The van der Waals surface area contributed by atoms with Crippen LogP contribution in [-0.2, 0) is 9.31 Å². The molecular weight excluding hydrogens is 324 g/mol. The number of hydrogen-bond donors (Lipinski definition) is 1. The van der Waals surface area contributed by atoms with E-state index in [9.17, 15) is 9.18 Å². The third kappa shape index (κ3) is 3.40. The van der Waals surface area contributed by atoms with Crippen molar-refractivity contribution in [2.45, 2.75) is 38.9 Å². The number of nitrogens with one attached hydrogen (secondary N) is 1. The maximum absolute atomic E-state index is 14.5. The molecule has 3 rings (SSSR count). The average molecular weight is 343 g/mol. The number of anilines is 1. The molecular formula is C17H19BFN3O3. The molecule has 0 unspecified atom stereocenters. The van der Waals surface area contributed by atoms with Crippen molar-refractivity contribution in [2.24, 2.45) is 0 Å². The van der Waals surface area contributed by atoms with E-state index >= 15 is 0 Å². The highest BCUT2D eigenvalue weighted by Crippen LogP contribution is 2.36. The summed E-state index contributed by atoms with van der Waals surface area (Å²) in [6.45, 7) is 7.62. The fourth-order valence-corrected chi connectivity index (χ4v) is 2.39. The van der Waals surface area contributed by atoms with Gasteiger partial charge in [-0.3, -0.25) is 4.79 Å². The number of benzene rings is 1. The third-order valence-electron chi connectivity index (χ3n) is 4.58. The summed E-state index contributed by atoms with van der Waals surface area (Å²) in [5, 5.41) is 2.60. The first kappa shape index (κ1) is 17.5. The molecule has 0 saturated carbocycles. The molecule has 0 radical (unpaired) electrons. The van der Waals surface area contributed by atoms with Crippen LogP contribution in [0, 0.1) is 5.82 Å². The van der Waals surface area contributed by atoms with Crippen molar-refractivity contribution < 1.29 is 18.5 Å². The van der Waals surface area contributed by atoms with Crippen LogP contribution < -0.4 is 10.8 Å². The van der Waals surface area contributed by atoms with E-state index in [0.29, 0.717) is 11.2 Å². The van der Waals surface area contributed by atoms with Gasteiger partial charge in [-0.05, 0) is 45.9 Å². The van der Waals surface area contributed by atoms with Crippen molar-refractivity contribution in [1.82, 2.24) is 9.97 Å². The van der Waals surface area contributed by atoms with E-state index in [2.05, 4.69) is 15.3 Å². The standard InChI is InChI=1S/C17H19BFN3O3/c1-16(2)17(3,4)25-18(24-16)12-6-5-11(9-13(12)19)22-15(23)14-7-8-20-10-21-14/h5-10H,1-4H3,(H,22,23). The molecule has 130 valence electrons. The van der Waals surface area contributed by atoms with Gasteiger partial charge in [0.05, 0.1) is 11.2 Å². The second-order valence-electron chi connectivity index (χ2n) is 6.87. The number of amides is 1. The summed E-state index contributed by atoms with van der Waals surface area (Å²) < 4.78 is 26.2. The van der Waals surface area contributed by atoms with Crippen LogP contribution in [0.25, 0.3) is 0 Å². The summed E-state index contributed by atoms with van der Waals surface area (Å²) >= 11 is 0. The van der Waals surface area contributed by atoms with Gasteiger partial charge in [-0.15, -0.1) is 0 Å². The number of halogens is 1. The zero-order valence-corrected chi connectivity index (χ0v) is 14.5. The molecule has 0 bridgehead atoms. The number of hydrogen-bond acceptors (Lipinski definition) is 5. The molecule has 1 N–H and O–H groups in total. The van der Waals surface area contributed by atoms with Crippen molar-refractivity contribution in [2.75, 3.05) is 5.32 Å². The van der Waals surface area contributed by atoms with Gasteiger partial charge in [0.1, 0.15) is 17.8 Å². The molecule has 1 amide bonds. The number of carbonyl (C=O) groups is 1. The van der Waals surface area contributed by atoms with Crippen molar-refractivity contribution >= 4 is 24.2 Å². The minimum atomic E-state index is -0.795. The van der Waals surface area contributed by atoms with E-state index in [4.69, 9.17) is 9.31 Å². The lowest BCUT2D eigenvalue weighted by molar-refractivity contribution is 0.00578. The van der Waals surface area contributed by atoms with Crippen molar-refractivity contribution in [1.29, 1.82) is 0 Å². The fourth-order valence-electron chi connectivity index (χ4n) is 2.39. The monoisotopic (exact) mass is 343 g/mol.